The average Bonchev–Trinajstić information content (AvgIpc) is 2.93. The maximum absolute atomic E-state index is 13.5. The van der Waals surface area contributed by atoms with Gasteiger partial charge in [0, 0.05) is 29.0 Å². The van der Waals surface area contributed by atoms with Crippen LogP contribution in [0.3, 0.4) is 0 Å². The number of hydrogen-bond donors (Lipinski definition) is 0. The fourth-order valence-electron chi connectivity index (χ4n) is 3.06. The summed E-state index contributed by atoms with van der Waals surface area (Å²) < 4.78 is 29.5. The molecule has 0 aliphatic carbocycles. The van der Waals surface area contributed by atoms with Gasteiger partial charge in [-0.05, 0) is 24.3 Å². The molecule has 5 nitrogen and oxygen atoms in total. The number of rotatable bonds is 2. The molecular formula is C17H11ClF2N4O. The Kier molecular flexibility index (Phi) is 3.54. The van der Waals surface area contributed by atoms with Crippen molar-refractivity contribution in [3.05, 3.63) is 63.8 Å². The van der Waals surface area contributed by atoms with Gasteiger partial charge in [-0.1, -0.05) is 17.7 Å². The minimum Gasteiger partial charge on any atom is -0.273 e. The Bertz CT molecular complexity index is 1170. The van der Waals surface area contributed by atoms with Crippen LogP contribution in [0.15, 0.2) is 47.5 Å². The summed E-state index contributed by atoms with van der Waals surface area (Å²) in [5.74, 6) is 0. The minimum absolute atomic E-state index is 0.0172. The van der Waals surface area contributed by atoms with E-state index in [1.807, 2.05) is 0 Å². The summed E-state index contributed by atoms with van der Waals surface area (Å²) in [6, 6.07) is 8.19. The Morgan fingerprint density at radius 1 is 1.24 bits per heavy atom. The highest BCUT2D eigenvalue weighted by Gasteiger charge is 2.24. The number of aryl methyl sites for hydroxylation is 1. The Morgan fingerprint density at radius 3 is 2.72 bits per heavy atom. The number of hydrogen-bond acceptors (Lipinski definition) is 3. The molecule has 1 aromatic carbocycles. The van der Waals surface area contributed by atoms with Crippen LogP contribution in [0.25, 0.3) is 27.5 Å². The molecule has 4 aromatic rings. The predicted octanol–water partition coefficient (Wildman–Crippen LogP) is 3.86. The van der Waals surface area contributed by atoms with Gasteiger partial charge in [0.25, 0.3) is 12.0 Å². The number of halogens is 3. The largest absolute Gasteiger partial charge is 0.284 e. The van der Waals surface area contributed by atoms with Crippen molar-refractivity contribution in [2.75, 3.05) is 0 Å². The zero-order valence-electron chi connectivity index (χ0n) is 12.9. The van der Waals surface area contributed by atoms with Crippen LogP contribution >= 0.6 is 11.6 Å². The molecule has 3 heterocycles. The number of pyridine rings is 2. The van der Waals surface area contributed by atoms with Crippen LogP contribution in [0.1, 0.15) is 12.1 Å². The molecule has 0 saturated heterocycles. The van der Waals surface area contributed by atoms with Crippen molar-refractivity contribution in [1.82, 2.24) is 19.3 Å². The number of alkyl halides is 2. The number of aromatic nitrogens is 4. The second-order valence-corrected chi connectivity index (χ2v) is 5.98. The van der Waals surface area contributed by atoms with E-state index in [2.05, 4.69) is 10.1 Å². The smallest absolute Gasteiger partial charge is 0.273 e. The van der Waals surface area contributed by atoms with Crippen LogP contribution in [0.5, 0.6) is 0 Å². The molecule has 8 heteroatoms. The Morgan fingerprint density at radius 2 is 2.04 bits per heavy atom. The first-order chi connectivity index (χ1) is 12.0. The zero-order valence-corrected chi connectivity index (χ0v) is 13.7. The summed E-state index contributed by atoms with van der Waals surface area (Å²) in [5, 5.41) is 5.06. The highest BCUT2D eigenvalue weighted by molar-refractivity contribution is 6.31. The standard InChI is InChI=1S/C17H11ClF2N4O/c1-23-15(16(19)20)13-11-5-4-9(18)7-12(11)24(17(25)14(13)22-23)10-3-2-6-21-8-10/h2-8,16H,1H3. The van der Waals surface area contributed by atoms with Gasteiger partial charge in [0.1, 0.15) is 5.69 Å². The van der Waals surface area contributed by atoms with E-state index in [0.717, 1.165) is 4.68 Å². The summed E-state index contributed by atoms with van der Waals surface area (Å²) in [6.07, 6.45) is 0.338. The fourth-order valence-corrected chi connectivity index (χ4v) is 3.23. The number of fused-ring (bicyclic) bond motifs is 3. The monoisotopic (exact) mass is 360 g/mol. The van der Waals surface area contributed by atoms with E-state index in [1.165, 1.54) is 17.8 Å². The average molecular weight is 361 g/mol. The van der Waals surface area contributed by atoms with Crippen LogP contribution in [0, 0.1) is 0 Å². The molecule has 0 aliphatic rings. The summed E-state index contributed by atoms with van der Waals surface area (Å²) >= 11 is 6.09. The number of benzene rings is 1. The first-order valence-electron chi connectivity index (χ1n) is 7.38. The predicted molar refractivity (Wildman–Crippen MR) is 91.6 cm³/mol. The zero-order chi connectivity index (χ0) is 17.7. The minimum atomic E-state index is -2.76. The third-order valence-corrected chi connectivity index (χ3v) is 4.31. The van der Waals surface area contributed by atoms with E-state index in [1.54, 1.807) is 36.5 Å². The molecule has 25 heavy (non-hydrogen) atoms. The highest BCUT2D eigenvalue weighted by Crippen LogP contribution is 2.33. The summed E-state index contributed by atoms with van der Waals surface area (Å²) in [6.45, 7) is 0. The quantitative estimate of drug-likeness (QED) is 0.545. The summed E-state index contributed by atoms with van der Waals surface area (Å²) in [7, 11) is 1.40. The van der Waals surface area contributed by atoms with Crippen molar-refractivity contribution < 1.29 is 8.78 Å². The van der Waals surface area contributed by atoms with Gasteiger partial charge in [-0.15, -0.1) is 0 Å². The molecule has 0 saturated carbocycles. The lowest BCUT2D eigenvalue weighted by Crippen LogP contribution is -2.19. The van der Waals surface area contributed by atoms with Crippen molar-refractivity contribution in [3.63, 3.8) is 0 Å². The van der Waals surface area contributed by atoms with Crippen molar-refractivity contribution in [2.24, 2.45) is 7.05 Å². The molecule has 0 spiro atoms. The van der Waals surface area contributed by atoms with Crippen LogP contribution < -0.4 is 5.56 Å². The maximum Gasteiger partial charge on any atom is 0.284 e. The van der Waals surface area contributed by atoms with Gasteiger partial charge in [0.15, 0.2) is 5.52 Å². The molecule has 4 rings (SSSR count). The van der Waals surface area contributed by atoms with Crippen LogP contribution in [-0.2, 0) is 7.05 Å². The molecule has 0 N–H and O–H groups in total. The third kappa shape index (κ3) is 2.31. The molecule has 0 radical (unpaired) electrons. The van der Waals surface area contributed by atoms with Crippen LogP contribution in [-0.4, -0.2) is 19.3 Å². The topological polar surface area (TPSA) is 52.7 Å². The summed E-state index contributed by atoms with van der Waals surface area (Å²) in [5.41, 5.74) is 0.119. The van der Waals surface area contributed by atoms with Crippen molar-refractivity contribution >= 4 is 33.4 Å². The number of nitrogens with zero attached hydrogens (tertiary/aromatic N) is 4. The lowest BCUT2D eigenvalue weighted by molar-refractivity contribution is 0.142. The molecule has 0 unspecified atom stereocenters. The molecule has 0 aliphatic heterocycles. The second-order valence-electron chi connectivity index (χ2n) is 5.55. The Hall–Kier alpha value is -2.80. The lowest BCUT2D eigenvalue weighted by atomic mass is 10.1. The van der Waals surface area contributed by atoms with E-state index in [0.29, 0.717) is 21.6 Å². The molecule has 0 atom stereocenters. The van der Waals surface area contributed by atoms with E-state index in [-0.39, 0.29) is 16.6 Å². The molecular weight excluding hydrogens is 350 g/mol. The molecule has 3 aromatic heterocycles. The third-order valence-electron chi connectivity index (χ3n) is 4.08. The normalized spacial score (nSPS) is 11.7. The van der Waals surface area contributed by atoms with Gasteiger partial charge in [0.05, 0.1) is 17.4 Å². The lowest BCUT2D eigenvalue weighted by Gasteiger charge is -2.11. The molecule has 0 amide bonds. The first kappa shape index (κ1) is 15.7. The SMILES string of the molecule is Cn1nc2c(=O)n(-c3cccnc3)c3cc(Cl)ccc3c2c1C(F)F. The molecule has 0 fully saturated rings. The van der Waals surface area contributed by atoms with Gasteiger partial charge in [-0.25, -0.2) is 8.78 Å². The van der Waals surface area contributed by atoms with Gasteiger partial charge < -0.3 is 0 Å². The Balaban J connectivity index is 2.29. The maximum atomic E-state index is 13.5. The van der Waals surface area contributed by atoms with Crippen LogP contribution in [0.2, 0.25) is 5.02 Å². The van der Waals surface area contributed by atoms with E-state index < -0.39 is 12.0 Å². The summed E-state index contributed by atoms with van der Waals surface area (Å²) in [4.78, 5) is 17.0. The fraction of sp³-hybridized carbons (Fsp3) is 0.118. The van der Waals surface area contributed by atoms with E-state index in [4.69, 9.17) is 11.6 Å². The van der Waals surface area contributed by atoms with Gasteiger partial charge >= 0.3 is 0 Å². The van der Waals surface area contributed by atoms with E-state index in [9.17, 15) is 13.6 Å². The first-order valence-corrected chi connectivity index (χ1v) is 7.76. The van der Waals surface area contributed by atoms with Crippen LogP contribution in [0.4, 0.5) is 8.78 Å². The van der Waals surface area contributed by atoms with Crippen molar-refractivity contribution in [3.8, 4) is 5.69 Å². The second kappa shape index (κ2) is 5.63. The van der Waals surface area contributed by atoms with E-state index >= 15 is 0 Å². The molecule has 126 valence electrons. The van der Waals surface area contributed by atoms with Gasteiger partial charge in [0.2, 0.25) is 0 Å². The van der Waals surface area contributed by atoms with Crippen molar-refractivity contribution in [2.45, 2.75) is 6.43 Å². The van der Waals surface area contributed by atoms with Gasteiger partial charge in [-0.3, -0.25) is 19.0 Å². The Labute approximate surface area is 145 Å². The highest BCUT2D eigenvalue weighted by atomic mass is 35.5. The molecule has 0 bridgehead atoms. The van der Waals surface area contributed by atoms with Crippen molar-refractivity contribution in [1.29, 1.82) is 0 Å². The van der Waals surface area contributed by atoms with Gasteiger partial charge in [-0.2, -0.15) is 5.10 Å².